The monoisotopic (exact) mass is 440 g/mol. The van der Waals surface area contributed by atoms with Gasteiger partial charge in [-0.15, -0.1) is 0 Å². The van der Waals surface area contributed by atoms with E-state index < -0.39 is 5.91 Å². The van der Waals surface area contributed by atoms with Crippen LogP contribution in [0.1, 0.15) is 10.4 Å². The molecular formula is C21H24N6O3S. The normalized spacial score (nSPS) is 10.3. The minimum absolute atomic E-state index is 0.326. The van der Waals surface area contributed by atoms with Gasteiger partial charge < -0.3 is 19.7 Å². The average molecular weight is 441 g/mol. The Kier molecular flexibility index (Phi) is 7.52. The Hall–Kier alpha value is -3.50. The lowest BCUT2D eigenvalue weighted by molar-refractivity contribution is 0.0538. The van der Waals surface area contributed by atoms with Crippen LogP contribution >= 0.6 is 11.9 Å². The van der Waals surface area contributed by atoms with Crippen molar-refractivity contribution in [1.29, 1.82) is 0 Å². The molecular weight excluding hydrogens is 416 g/mol. The van der Waals surface area contributed by atoms with Crippen LogP contribution in [-0.4, -0.2) is 43.4 Å². The van der Waals surface area contributed by atoms with E-state index in [0.29, 0.717) is 28.6 Å². The quantitative estimate of drug-likeness (QED) is 0.337. The lowest BCUT2D eigenvalue weighted by Gasteiger charge is -2.21. The highest BCUT2D eigenvalue weighted by Crippen LogP contribution is 2.33. The maximum Gasteiger partial charge on any atom is 0.278 e. The van der Waals surface area contributed by atoms with Gasteiger partial charge in [0.25, 0.3) is 5.91 Å². The number of nitrogens with zero attached hydrogens (tertiary/aromatic N) is 3. The lowest BCUT2D eigenvalue weighted by atomic mass is 10.2. The molecule has 1 aromatic carbocycles. The molecule has 0 aliphatic rings. The fourth-order valence-electron chi connectivity index (χ4n) is 2.84. The highest BCUT2D eigenvalue weighted by atomic mass is 32.2. The van der Waals surface area contributed by atoms with E-state index in [1.54, 1.807) is 37.4 Å². The number of para-hydroxylation sites is 2. The molecule has 3 aromatic rings. The van der Waals surface area contributed by atoms with E-state index >= 15 is 0 Å². The van der Waals surface area contributed by atoms with Crippen LogP contribution in [0.3, 0.4) is 0 Å². The topological polar surface area (TPSA) is 101 Å². The fourth-order valence-corrected chi connectivity index (χ4v) is 3.20. The molecule has 0 atom stereocenters. The number of hydrogen-bond acceptors (Lipinski definition) is 9. The Morgan fingerprint density at radius 2 is 1.81 bits per heavy atom. The molecule has 0 aliphatic carbocycles. The first-order valence-corrected chi connectivity index (χ1v) is 10.5. The Bertz CT molecular complexity index is 1050. The highest BCUT2D eigenvalue weighted by Gasteiger charge is 2.16. The van der Waals surface area contributed by atoms with Crippen molar-refractivity contribution in [1.82, 2.24) is 15.4 Å². The second-order valence-corrected chi connectivity index (χ2v) is 7.17. The first-order valence-electron chi connectivity index (χ1n) is 9.30. The van der Waals surface area contributed by atoms with Crippen LogP contribution in [0.25, 0.3) is 0 Å². The molecule has 2 heterocycles. The first kappa shape index (κ1) is 22.2. The number of nitrogens with one attached hydrogen (secondary N) is 3. The molecule has 0 radical (unpaired) electrons. The Labute approximate surface area is 185 Å². The zero-order valence-corrected chi connectivity index (χ0v) is 18.5. The number of carbonyl (C=O) groups excluding carboxylic acids is 1. The summed E-state index contributed by atoms with van der Waals surface area (Å²) in [7, 11) is 4.90. The summed E-state index contributed by atoms with van der Waals surface area (Å²) in [4.78, 5) is 25.9. The maximum atomic E-state index is 12.5. The van der Waals surface area contributed by atoms with Crippen LogP contribution in [-0.2, 0) is 4.84 Å². The van der Waals surface area contributed by atoms with Gasteiger partial charge in [-0.2, -0.15) is 0 Å². The molecule has 0 unspecified atom stereocenters. The molecule has 9 nitrogen and oxygen atoms in total. The Balaban J connectivity index is 2.00. The van der Waals surface area contributed by atoms with Gasteiger partial charge in [0, 0.05) is 31.8 Å². The van der Waals surface area contributed by atoms with Gasteiger partial charge in [-0.1, -0.05) is 24.1 Å². The Morgan fingerprint density at radius 1 is 1.03 bits per heavy atom. The van der Waals surface area contributed by atoms with Crippen molar-refractivity contribution < 1.29 is 14.4 Å². The fraction of sp³-hybridized carbons (Fsp3) is 0.190. The van der Waals surface area contributed by atoms with Gasteiger partial charge in [-0.3, -0.25) is 9.63 Å². The minimum atomic E-state index is -0.418. The third-order valence-corrected chi connectivity index (χ3v) is 5.10. The number of benzene rings is 1. The maximum absolute atomic E-state index is 12.5. The zero-order valence-electron chi connectivity index (χ0n) is 17.7. The van der Waals surface area contributed by atoms with Gasteiger partial charge in [0.05, 0.1) is 36.8 Å². The predicted octanol–water partition coefficient (Wildman–Crippen LogP) is 3.98. The van der Waals surface area contributed by atoms with Crippen molar-refractivity contribution in [3.8, 4) is 5.88 Å². The molecule has 31 heavy (non-hydrogen) atoms. The molecule has 10 heteroatoms. The molecule has 0 saturated heterocycles. The second kappa shape index (κ2) is 10.5. The van der Waals surface area contributed by atoms with Crippen molar-refractivity contribution in [2.75, 3.05) is 42.5 Å². The number of hydroxylamine groups is 1. The molecule has 3 rings (SSSR count). The van der Waals surface area contributed by atoms with E-state index in [4.69, 9.17) is 9.57 Å². The third-order valence-electron chi connectivity index (χ3n) is 4.36. The number of pyridine rings is 2. The summed E-state index contributed by atoms with van der Waals surface area (Å²) in [5.41, 5.74) is 5.67. The van der Waals surface area contributed by atoms with Crippen LogP contribution in [0.5, 0.6) is 5.88 Å². The molecule has 0 bridgehead atoms. The van der Waals surface area contributed by atoms with Crippen LogP contribution in [0.4, 0.5) is 28.6 Å². The molecule has 0 aliphatic heterocycles. The van der Waals surface area contributed by atoms with Crippen LogP contribution < -0.4 is 25.2 Å². The van der Waals surface area contributed by atoms with Crippen LogP contribution in [0.15, 0.2) is 54.9 Å². The molecule has 3 N–H and O–H groups in total. The summed E-state index contributed by atoms with van der Waals surface area (Å²) in [6.45, 7) is 0. The first-order chi connectivity index (χ1) is 15.1. The standard InChI is InChI=1S/C21H24N6O3S/c1-27(31-4)18-10-6-5-8-15(18)24-17-12-19(23-13-14(17)20(28)26-30-3)25-16-9-7-11-22-21(16)29-2/h5-13H,1-4H3,(H,26,28)(H2,23,24,25). The largest absolute Gasteiger partial charge is 0.480 e. The summed E-state index contributed by atoms with van der Waals surface area (Å²) in [5, 5.41) is 6.53. The van der Waals surface area contributed by atoms with Crippen molar-refractivity contribution in [3.63, 3.8) is 0 Å². The van der Waals surface area contributed by atoms with E-state index in [1.807, 2.05) is 47.9 Å². The number of amides is 1. The second-order valence-electron chi connectivity index (χ2n) is 6.26. The van der Waals surface area contributed by atoms with E-state index in [2.05, 4.69) is 26.1 Å². The Morgan fingerprint density at radius 3 is 2.55 bits per heavy atom. The van der Waals surface area contributed by atoms with Gasteiger partial charge in [0.1, 0.15) is 11.5 Å². The number of rotatable bonds is 9. The molecule has 1 amide bonds. The van der Waals surface area contributed by atoms with Crippen molar-refractivity contribution >= 4 is 46.4 Å². The predicted molar refractivity (Wildman–Crippen MR) is 124 cm³/mol. The summed E-state index contributed by atoms with van der Waals surface area (Å²) in [6, 6.07) is 13.2. The number of aromatic nitrogens is 2. The van der Waals surface area contributed by atoms with Gasteiger partial charge >= 0.3 is 0 Å². The molecule has 162 valence electrons. The van der Waals surface area contributed by atoms with Crippen molar-refractivity contribution in [2.45, 2.75) is 0 Å². The van der Waals surface area contributed by atoms with Crippen molar-refractivity contribution in [2.24, 2.45) is 0 Å². The molecule has 0 fully saturated rings. The summed E-state index contributed by atoms with van der Waals surface area (Å²) < 4.78 is 7.31. The van der Waals surface area contributed by atoms with Gasteiger partial charge in [0.15, 0.2) is 0 Å². The lowest BCUT2D eigenvalue weighted by Crippen LogP contribution is -2.23. The third kappa shape index (κ3) is 5.36. The van der Waals surface area contributed by atoms with Crippen LogP contribution in [0.2, 0.25) is 0 Å². The summed E-state index contributed by atoms with van der Waals surface area (Å²) in [5.74, 6) is 0.532. The smallest absolute Gasteiger partial charge is 0.278 e. The van der Waals surface area contributed by atoms with Crippen LogP contribution in [0, 0.1) is 0 Å². The highest BCUT2D eigenvalue weighted by molar-refractivity contribution is 7.99. The number of methoxy groups -OCH3 is 1. The minimum Gasteiger partial charge on any atom is -0.480 e. The molecule has 0 spiro atoms. The summed E-state index contributed by atoms with van der Waals surface area (Å²) >= 11 is 1.58. The van der Waals surface area contributed by atoms with E-state index in [0.717, 1.165) is 11.4 Å². The average Bonchev–Trinajstić information content (AvgIpc) is 2.79. The molecule has 2 aromatic heterocycles. The number of hydrogen-bond donors (Lipinski definition) is 3. The van der Waals surface area contributed by atoms with E-state index in [1.165, 1.54) is 13.3 Å². The van der Waals surface area contributed by atoms with Crippen molar-refractivity contribution in [3.05, 3.63) is 60.4 Å². The number of ether oxygens (including phenoxy) is 1. The van der Waals surface area contributed by atoms with Gasteiger partial charge in [0.2, 0.25) is 5.88 Å². The van der Waals surface area contributed by atoms with Gasteiger partial charge in [-0.05, 0) is 24.3 Å². The number of carbonyl (C=O) groups is 1. The van der Waals surface area contributed by atoms with E-state index in [-0.39, 0.29) is 0 Å². The number of anilines is 5. The SMILES string of the molecule is CONC(=O)c1cnc(Nc2cccnc2OC)cc1Nc1ccccc1N(C)SC. The van der Waals surface area contributed by atoms with E-state index in [9.17, 15) is 4.79 Å². The molecule has 0 saturated carbocycles. The summed E-state index contributed by atoms with van der Waals surface area (Å²) in [6.07, 6.45) is 5.11. The van der Waals surface area contributed by atoms with Gasteiger partial charge in [-0.25, -0.2) is 15.4 Å². The zero-order chi connectivity index (χ0) is 22.2.